The lowest BCUT2D eigenvalue weighted by Gasteiger charge is -2.27. The molecule has 0 saturated carbocycles. The zero-order valence-electron chi connectivity index (χ0n) is 8.42. The molecule has 0 bridgehead atoms. The number of nitrogens with zero attached hydrogens (tertiary/aromatic N) is 3. The van der Waals surface area contributed by atoms with Crippen molar-refractivity contribution < 1.29 is 0 Å². The lowest BCUT2D eigenvalue weighted by atomic mass is 10.1. The smallest absolute Gasteiger partial charge is 0.217 e. The van der Waals surface area contributed by atoms with Crippen LogP contribution in [-0.2, 0) is 0 Å². The average Bonchev–Trinajstić information content (AvgIpc) is 2.42. The van der Waals surface area contributed by atoms with Crippen LogP contribution in [0.3, 0.4) is 0 Å². The highest BCUT2D eigenvalue weighted by molar-refractivity contribution is 5.99. The summed E-state index contributed by atoms with van der Waals surface area (Å²) in [4.78, 5) is 4.49. The highest BCUT2D eigenvalue weighted by Gasteiger charge is 2.28. The van der Waals surface area contributed by atoms with Crippen molar-refractivity contribution in [2.75, 3.05) is 0 Å². The zero-order chi connectivity index (χ0) is 9.59. The van der Waals surface area contributed by atoms with Gasteiger partial charge in [-0.15, -0.1) is 0 Å². The Labute approximate surface area is 78.0 Å². The molecule has 0 aromatic heterocycles. The first-order valence-corrected chi connectivity index (χ1v) is 4.43. The van der Waals surface area contributed by atoms with E-state index in [1.807, 2.05) is 18.9 Å². The summed E-state index contributed by atoms with van der Waals surface area (Å²) in [5.41, 5.74) is 3.49. The van der Waals surface area contributed by atoms with E-state index in [-0.39, 0.29) is 6.29 Å². The Bertz CT molecular complexity index is 338. The Hall–Kier alpha value is -1.32. The predicted molar refractivity (Wildman–Crippen MR) is 53.4 cm³/mol. The van der Waals surface area contributed by atoms with Crippen molar-refractivity contribution in [3.63, 3.8) is 0 Å². The SMILES string of the molecule is CC1=NN2C(C)=C(C)C(C)=NC2N1. The van der Waals surface area contributed by atoms with E-state index >= 15 is 0 Å². The minimum atomic E-state index is -0.0105. The molecule has 2 aliphatic rings. The molecule has 1 unspecified atom stereocenters. The molecule has 0 saturated heterocycles. The van der Waals surface area contributed by atoms with E-state index in [2.05, 4.69) is 29.3 Å². The Morgan fingerprint density at radius 3 is 2.62 bits per heavy atom. The second-order valence-electron chi connectivity index (χ2n) is 3.47. The van der Waals surface area contributed by atoms with Gasteiger partial charge in [-0.2, -0.15) is 5.10 Å². The number of allylic oxidation sites excluding steroid dienone is 2. The maximum absolute atomic E-state index is 4.49. The third-order valence-corrected chi connectivity index (χ3v) is 2.57. The molecule has 0 aromatic rings. The molecule has 0 spiro atoms. The van der Waals surface area contributed by atoms with Crippen LogP contribution < -0.4 is 5.32 Å². The highest BCUT2D eigenvalue weighted by Crippen LogP contribution is 2.23. The van der Waals surface area contributed by atoms with Crippen molar-refractivity contribution in [2.45, 2.75) is 34.0 Å². The summed E-state index contributed by atoms with van der Waals surface area (Å²) in [5.74, 6) is 0.926. The molecule has 1 N–H and O–H groups in total. The lowest BCUT2D eigenvalue weighted by molar-refractivity contribution is 0.278. The second-order valence-corrected chi connectivity index (χ2v) is 3.47. The highest BCUT2D eigenvalue weighted by atomic mass is 15.6. The average molecular weight is 178 g/mol. The first-order chi connectivity index (χ1) is 6.09. The molecular formula is C9H14N4. The van der Waals surface area contributed by atoms with Gasteiger partial charge in [0, 0.05) is 11.4 Å². The summed E-state index contributed by atoms with van der Waals surface area (Å²) in [6.07, 6.45) is -0.0105. The van der Waals surface area contributed by atoms with Gasteiger partial charge < -0.3 is 5.32 Å². The van der Waals surface area contributed by atoms with Crippen molar-refractivity contribution in [3.05, 3.63) is 11.3 Å². The predicted octanol–water partition coefficient (Wildman–Crippen LogP) is 1.28. The topological polar surface area (TPSA) is 40.0 Å². The molecule has 0 aromatic carbocycles. The van der Waals surface area contributed by atoms with E-state index < -0.39 is 0 Å². The largest absolute Gasteiger partial charge is 0.332 e. The van der Waals surface area contributed by atoms with Crippen LogP contribution in [0.5, 0.6) is 0 Å². The molecule has 0 radical (unpaired) electrons. The molecule has 13 heavy (non-hydrogen) atoms. The van der Waals surface area contributed by atoms with Crippen molar-refractivity contribution in [2.24, 2.45) is 10.1 Å². The van der Waals surface area contributed by atoms with Gasteiger partial charge in [0.05, 0.1) is 0 Å². The summed E-state index contributed by atoms with van der Waals surface area (Å²) in [6.45, 7) is 8.13. The van der Waals surface area contributed by atoms with Crippen molar-refractivity contribution in [1.82, 2.24) is 10.3 Å². The number of hydrogen-bond donors (Lipinski definition) is 1. The number of hydrogen-bond acceptors (Lipinski definition) is 4. The number of fused-ring (bicyclic) bond motifs is 1. The molecular weight excluding hydrogens is 164 g/mol. The molecule has 4 heteroatoms. The Morgan fingerprint density at radius 1 is 1.23 bits per heavy atom. The van der Waals surface area contributed by atoms with Crippen LogP contribution in [-0.4, -0.2) is 22.8 Å². The third-order valence-electron chi connectivity index (χ3n) is 2.57. The zero-order valence-corrected chi connectivity index (χ0v) is 8.42. The van der Waals surface area contributed by atoms with E-state index in [0.29, 0.717) is 0 Å². The Morgan fingerprint density at radius 2 is 1.92 bits per heavy atom. The molecule has 0 amide bonds. The number of hydrazone groups is 1. The number of rotatable bonds is 0. The molecule has 0 fully saturated rings. The van der Waals surface area contributed by atoms with E-state index in [4.69, 9.17) is 0 Å². The van der Waals surface area contributed by atoms with Crippen molar-refractivity contribution in [1.29, 1.82) is 0 Å². The van der Waals surface area contributed by atoms with Crippen LogP contribution in [0, 0.1) is 0 Å². The van der Waals surface area contributed by atoms with Gasteiger partial charge in [-0.3, -0.25) is 0 Å². The number of aliphatic imine (C=N–C) groups is 1. The minimum absolute atomic E-state index is 0.0105. The molecule has 70 valence electrons. The van der Waals surface area contributed by atoms with Crippen LogP contribution in [0.25, 0.3) is 0 Å². The molecule has 1 atom stereocenters. The fourth-order valence-electron chi connectivity index (χ4n) is 1.55. The number of amidine groups is 1. The normalized spacial score (nSPS) is 26.8. The monoisotopic (exact) mass is 178 g/mol. The van der Waals surface area contributed by atoms with Gasteiger partial charge in [-0.25, -0.2) is 10.0 Å². The first-order valence-electron chi connectivity index (χ1n) is 4.43. The van der Waals surface area contributed by atoms with Gasteiger partial charge >= 0.3 is 0 Å². The van der Waals surface area contributed by atoms with Crippen LogP contribution >= 0.6 is 0 Å². The van der Waals surface area contributed by atoms with Crippen molar-refractivity contribution in [3.8, 4) is 0 Å². The second kappa shape index (κ2) is 2.58. The summed E-state index contributed by atoms with van der Waals surface area (Å²) in [7, 11) is 0. The fourth-order valence-corrected chi connectivity index (χ4v) is 1.55. The fraction of sp³-hybridized carbons (Fsp3) is 0.556. The summed E-state index contributed by atoms with van der Waals surface area (Å²) in [5, 5.41) is 9.47. The minimum Gasteiger partial charge on any atom is -0.332 e. The molecule has 2 rings (SSSR count). The molecule has 4 nitrogen and oxygen atoms in total. The van der Waals surface area contributed by atoms with Crippen LogP contribution in [0.15, 0.2) is 21.4 Å². The van der Waals surface area contributed by atoms with Crippen LogP contribution in [0.4, 0.5) is 0 Å². The summed E-state index contributed by atoms with van der Waals surface area (Å²) in [6, 6.07) is 0. The van der Waals surface area contributed by atoms with E-state index in [1.165, 1.54) is 11.3 Å². The van der Waals surface area contributed by atoms with Gasteiger partial charge in [-0.1, -0.05) is 0 Å². The standard InChI is InChI=1S/C9H14N4/c1-5-6(2)10-9-11-8(4)12-13(9)7(5)3/h9H,1-4H3,(H,11,12). The number of nitrogens with one attached hydrogen (secondary N) is 1. The van der Waals surface area contributed by atoms with Crippen LogP contribution in [0.2, 0.25) is 0 Å². The quantitative estimate of drug-likeness (QED) is 0.607. The summed E-state index contributed by atoms with van der Waals surface area (Å²) < 4.78 is 0. The molecule has 0 aliphatic carbocycles. The lowest BCUT2D eigenvalue weighted by Crippen LogP contribution is -2.38. The Kier molecular flexibility index (Phi) is 1.65. The van der Waals surface area contributed by atoms with Gasteiger partial charge in [0.2, 0.25) is 6.29 Å². The van der Waals surface area contributed by atoms with E-state index in [1.54, 1.807) is 0 Å². The summed E-state index contributed by atoms with van der Waals surface area (Å²) >= 11 is 0. The first kappa shape index (κ1) is 8.29. The van der Waals surface area contributed by atoms with E-state index in [0.717, 1.165) is 11.5 Å². The third kappa shape index (κ3) is 1.13. The van der Waals surface area contributed by atoms with Gasteiger partial charge in [-0.05, 0) is 33.3 Å². The van der Waals surface area contributed by atoms with Gasteiger partial charge in [0.25, 0.3) is 0 Å². The van der Waals surface area contributed by atoms with Crippen molar-refractivity contribution >= 4 is 11.5 Å². The molecule has 2 heterocycles. The van der Waals surface area contributed by atoms with E-state index in [9.17, 15) is 0 Å². The maximum atomic E-state index is 4.49. The van der Waals surface area contributed by atoms with Gasteiger partial charge in [0.1, 0.15) is 5.84 Å². The maximum Gasteiger partial charge on any atom is 0.217 e. The van der Waals surface area contributed by atoms with Crippen LogP contribution in [0.1, 0.15) is 27.7 Å². The molecule has 2 aliphatic heterocycles. The van der Waals surface area contributed by atoms with Gasteiger partial charge in [0.15, 0.2) is 0 Å². The Balaban J connectivity index is 2.41.